The van der Waals surface area contributed by atoms with Crippen LogP contribution in [0.4, 0.5) is 0 Å². The zero-order valence-corrected chi connectivity index (χ0v) is 21.5. The number of benzene rings is 1. The van der Waals surface area contributed by atoms with Gasteiger partial charge in [0.05, 0.1) is 33.0 Å². The number of aryl methyl sites for hydroxylation is 1. The predicted molar refractivity (Wildman–Crippen MR) is 136 cm³/mol. The van der Waals surface area contributed by atoms with Gasteiger partial charge < -0.3 is 24.8 Å². The molecule has 2 aliphatic heterocycles. The fraction of sp³-hybridized carbons (Fsp3) is 0.696. The molecule has 0 spiro atoms. The Labute approximate surface area is 204 Å². The summed E-state index contributed by atoms with van der Waals surface area (Å²) in [6.07, 6.45) is 1.08. The lowest BCUT2D eigenvalue weighted by Crippen LogP contribution is -2.49. The molecule has 0 amide bonds. The molecule has 2 atom stereocenters. The lowest BCUT2D eigenvalue weighted by atomic mass is 10.1. The van der Waals surface area contributed by atoms with E-state index in [9.17, 15) is 0 Å². The van der Waals surface area contributed by atoms with Gasteiger partial charge in [-0.05, 0) is 38.8 Å². The largest absolute Gasteiger partial charge is 0.493 e. The topological polar surface area (TPSA) is 67.4 Å². The van der Waals surface area contributed by atoms with E-state index in [0.717, 1.165) is 76.3 Å². The standard InChI is InChI=1S/C23H38N4O3.HI/c1-4-24-23(25-14-19(3)27-8-11-28-12-9-27)26-15-21-6-5-18(2)13-22(21)30-17-20-7-10-29-16-20;/h5-6,13,19-20H,4,7-12,14-17H2,1-3H3,(H2,24,25,26);1H. The highest BCUT2D eigenvalue weighted by Gasteiger charge is 2.18. The van der Waals surface area contributed by atoms with Gasteiger partial charge >= 0.3 is 0 Å². The third-order valence-corrected chi connectivity index (χ3v) is 5.71. The second-order valence-electron chi connectivity index (χ2n) is 8.23. The number of morpholine rings is 1. The Morgan fingerprint density at radius 2 is 2.03 bits per heavy atom. The molecule has 2 fully saturated rings. The summed E-state index contributed by atoms with van der Waals surface area (Å²) in [5, 5.41) is 6.85. The normalized spacial score (nSPS) is 20.7. The van der Waals surface area contributed by atoms with E-state index in [0.29, 0.717) is 25.1 Å². The maximum absolute atomic E-state index is 6.16. The molecule has 2 aliphatic rings. The molecule has 3 rings (SSSR count). The molecule has 2 unspecified atom stereocenters. The van der Waals surface area contributed by atoms with Gasteiger partial charge in [-0.2, -0.15) is 0 Å². The molecule has 0 bridgehead atoms. The second-order valence-corrected chi connectivity index (χ2v) is 8.23. The zero-order chi connectivity index (χ0) is 21.2. The van der Waals surface area contributed by atoms with Crippen molar-refractivity contribution in [1.82, 2.24) is 15.5 Å². The molecule has 0 radical (unpaired) electrons. The van der Waals surface area contributed by atoms with Gasteiger partial charge in [0, 0.05) is 50.3 Å². The van der Waals surface area contributed by atoms with Crippen LogP contribution in [0.1, 0.15) is 31.4 Å². The average Bonchev–Trinajstić information content (AvgIpc) is 3.29. The summed E-state index contributed by atoms with van der Waals surface area (Å²) in [4.78, 5) is 7.27. The van der Waals surface area contributed by atoms with Crippen molar-refractivity contribution in [3.8, 4) is 5.75 Å². The van der Waals surface area contributed by atoms with E-state index in [1.807, 2.05) is 0 Å². The SMILES string of the molecule is CCNC(=NCc1ccc(C)cc1OCC1CCOC1)NCC(C)N1CCOCC1.I. The van der Waals surface area contributed by atoms with Crippen molar-refractivity contribution in [1.29, 1.82) is 0 Å². The van der Waals surface area contributed by atoms with Crippen LogP contribution in [0.5, 0.6) is 5.75 Å². The van der Waals surface area contributed by atoms with Crippen molar-refractivity contribution in [2.24, 2.45) is 10.9 Å². The van der Waals surface area contributed by atoms with E-state index < -0.39 is 0 Å². The number of ether oxygens (including phenoxy) is 3. The Morgan fingerprint density at radius 1 is 1.23 bits per heavy atom. The molecule has 1 aromatic rings. The summed E-state index contributed by atoms with van der Waals surface area (Å²) in [5.74, 6) is 2.26. The van der Waals surface area contributed by atoms with Crippen molar-refractivity contribution < 1.29 is 14.2 Å². The van der Waals surface area contributed by atoms with Gasteiger partial charge in [-0.25, -0.2) is 4.99 Å². The third-order valence-electron chi connectivity index (χ3n) is 5.71. The van der Waals surface area contributed by atoms with E-state index in [4.69, 9.17) is 19.2 Å². The Hall–Kier alpha value is -1.10. The first kappa shape index (κ1) is 26.2. The summed E-state index contributed by atoms with van der Waals surface area (Å²) in [7, 11) is 0. The van der Waals surface area contributed by atoms with Gasteiger partial charge in [0.25, 0.3) is 0 Å². The Morgan fingerprint density at radius 3 is 2.74 bits per heavy atom. The molecule has 7 nitrogen and oxygen atoms in total. The molecule has 2 N–H and O–H groups in total. The monoisotopic (exact) mass is 546 g/mol. The number of hydrogen-bond donors (Lipinski definition) is 2. The van der Waals surface area contributed by atoms with Crippen LogP contribution in [0.25, 0.3) is 0 Å². The van der Waals surface area contributed by atoms with Gasteiger partial charge in [-0.1, -0.05) is 12.1 Å². The lowest BCUT2D eigenvalue weighted by molar-refractivity contribution is 0.0211. The molecule has 31 heavy (non-hydrogen) atoms. The summed E-state index contributed by atoms with van der Waals surface area (Å²) in [6, 6.07) is 6.79. The highest BCUT2D eigenvalue weighted by molar-refractivity contribution is 14.0. The smallest absolute Gasteiger partial charge is 0.191 e. The summed E-state index contributed by atoms with van der Waals surface area (Å²) >= 11 is 0. The van der Waals surface area contributed by atoms with Crippen molar-refractivity contribution >= 4 is 29.9 Å². The maximum Gasteiger partial charge on any atom is 0.191 e. The zero-order valence-electron chi connectivity index (χ0n) is 19.2. The van der Waals surface area contributed by atoms with Gasteiger partial charge in [0.1, 0.15) is 5.75 Å². The van der Waals surface area contributed by atoms with E-state index in [2.05, 4.69) is 54.5 Å². The summed E-state index contributed by atoms with van der Waals surface area (Å²) in [6.45, 7) is 14.7. The molecule has 2 heterocycles. The van der Waals surface area contributed by atoms with Gasteiger partial charge in [0.15, 0.2) is 5.96 Å². The summed E-state index contributed by atoms with van der Waals surface area (Å²) < 4.78 is 17.1. The first-order chi connectivity index (χ1) is 14.7. The number of hydrogen-bond acceptors (Lipinski definition) is 5. The Kier molecular flexibility index (Phi) is 11.9. The minimum absolute atomic E-state index is 0. The van der Waals surface area contributed by atoms with Crippen LogP contribution >= 0.6 is 24.0 Å². The quantitative estimate of drug-likeness (QED) is 0.282. The molecule has 2 saturated heterocycles. The van der Waals surface area contributed by atoms with Crippen molar-refractivity contribution in [3.05, 3.63) is 29.3 Å². The van der Waals surface area contributed by atoms with Crippen molar-refractivity contribution in [2.75, 3.05) is 59.2 Å². The molecular formula is C23H39IN4O3. The van der Waals surface area contributed by atoms with E-state index in [1.54, 1.807) is 0 Å². The molecule has 1 aromatic carbocycles. The van der Waals surface area contributed by atoms with Crippen molar-refractivity contribution in [3.63, 3.8) is 0 Å². The minimum Gasteiger partial charge on any atom is -0.493 e. The molecule has 0 aliphatic carbocycles. The summed E-state index contributed by atoms with van der Waals surface area (Å²) in [5.41, 5.74) is 2.31. The number of rotatable bonds is 9. The van der Waals surface area contributed by atoms with E-state index in [-0.39, 0.29) is 24.0 Å². The van der Waals surface area contributed by atoms with Crippen LogP contribution < -0.4 is 15.4 Å². The van der Waals surface area contributed by atoms with Crippen LogP contribution in [0.3, 0.4) is 0 Å². The fourth-order valence-electron chi connectivity index (χ4n) is 3.75. The van der Waals surface area contributed by atoms with Crippen LogP contribution in [0, 0.1) is 12.8 Å². The Balaban J connectivity index is 0.00000341. The average molecular weight is 546 g/mol. The molecule has 0 saturated carbocycles. The van der Waals surface area contributed by atoms with E-state index in [1.165, 1.54) is 5.56 Å². The fourth-order valence-corrected chi connectivity index (χ4v) is 3.75. The maximum atomic E-state index is 6.16. The number of nitrogens with zero attached hydrogens (tertiary/aromatic N) is 2. The molecule has 176 valence electrons. The van der Waals surface area contributed by atoms with E-state index >= 15 is 0 Å². The van der Waals surface area contributed by atoms with Crippen LogP contribution in [-0.4, -0.2) is 76.1 Å². The van der Waals surface area contributed by atoms with Gasteiger partial charge in [-0.3, -0.25) is 4.90 Å². The Bertz CT molecular complexity index is 677. The highest BCUT2D eigenvalue weighted by Crippen LogP contribution is 2.23. The highest BCUT2D eigenvalue weighted by atomic mass is 127. The third kappa shape index (κ3) is 8.75. The number of aliphatic imine (C=N–C) groups is 1. The van der Waals surface area contributed by atoms with Gasteiger partial charge in [-0.15, -0.1) is 24.0 Å². The molecule has 0 aromatic heterocycles. The number of nitrogens with one attached hydrogen (secondary N) is 2. The minimum atomic E-state index is 0. The first-order valence-corrected chi connectivity index (χ1v) is 11.3. The molecular weight excluding hydrogens is 507 g/mol. The predicted octanol–water partition coefficient (Wildman–Crippen LogP) is 2.80. The first-order valence-electron chi connectivity index (χ1n) is 11.3. The lowest BCUT2D eigenvalue weighted by Gasteiger charge is -2.32. The van der Waals surface area contributed by atoms with Crippen LogP contribution in [0.15, 0.2) is 23.2 Å². The van der Waals surface area contributed by atoms with Crippen molar-refractivity contribution in [2.45, 2.75) is 39.8 Å². The number of guanidine groups is 1. The molecule has 8 heteroatoms. The van der Waals surface area contributed by atoms with Gasteiger partial charge in [0.2, 0.25) is 0 Å². The number of halogens is 1. The van der Waals surface area contributed by atoms with Crippen LogP contribution in [0.2, 0.25) is 0 Å². The second kappa shape index (κ2) is 14.1. The van der Waals surface area contributed by atoms with Crippen LogP contribution in [-0.2, 0) is 16.0 Å².